The zero-order valence-electron chi connectivity index (χ0n) is 10.9. The highest BCUT2D eigenvalue weighted by Crippen LogP contribution is 2.32. The summed E-state index contributed by atoms with van der Waals surface area (Å²) in [5, 5.41) is 3.34. The Kier molecular flexibility index (Phi) is 4.06. The number of rotatable bonds is 3. The second kappa shape index (κ2) is 6.13. The van der Waals surface area contributed by atoms with Gasteiger partial charge in [-0.2, -0.15) is 0 Å². The number of pyridine rings is 1. The maximum Gasteiger partial charge on any atom is 0.163 e. The van der Waals surface area contributed by atoms with Gasteiger partial charge in [-0.25, -0.2) is 0 Å². The number of fused-ring (bicyclic) bond motifs is 1. The molecular weight excluding hydrogens is 320 g/mol. The lowest BCUT2D eigenvalue weighted by molar-refractivity contribution is 0.297. The quantitative estimate of drug-likeness (QED) is 0.930. The molecule has 0 aliphatic carbocycles. The van der Waals surface area contributed by atoms with Crippen LogP contribution in [0.3, 0.4) is 0 Å². The Labute approximate surface area is 126 Å². The first-order valence-electron chi connectivity index (χ1n) is 6.55. The van der Waals surface area contributed by atoms with Gasteiger partial charge in [0.05, 0.1) is 25.5 Å². The van der Waals surface area contributed by atoms with Crippen LogP contribution < -0.4 is 14.8 Å². The molecule has 1 aromatic heterocycles. The van der Waals surface area contributed by atoms with E-state index in [4.69, 9.17) is 9.47 Å². The van der Waals surface area contributed by atoms with Crippen molar-refractivity contribution in [2.24, 2.45) is 0 Å². The summed E-state index contributed by atoms with van der Waals surface area (Å²) < 4.78 is 12.3. The fourth-order valence-corrected chi connectivity index (χ4v) is 2.21. The van der Waals surface area contributed by atoms with Crippen LogP contribution in [0.15, 0.2) is 41.0 Å². The Bertz CT molecular complexity index is 587. The molecule has 0 atom stereocenters. The molecule has 1 aromatic carbocycles. The van der Waals surface area contributed by atoms with Crippen LogP contribution in [0.1, 0.15) is 12.1 Å². The summed E-state index contributed by atoms with van der Waals surface area (Å²) in [5.41, 5.74) is 1.99. The number of aromatic nitrogens is 1. The largest absolute Gasteiger partial charge is 0.490 e. The number of benzene rings is 1. The number of hydrogen-bond donors (Lipinski definition) is 1. The van der Waals surface area contributed by atoms with E-state index in [9.17, 15) is 0 Å². The van der Waals surface area contributed by atoms with E-state index in [1.165, 1.54) is 0 Å². The molecular formula is C15H15BrN2O2. The highest BCUT2D eigenvalue weighted by molar-refractivity contribution is 9.10. The molecule has 0 spiro atoms. The van der Waals surface area contributed by atoms with Gasteiger partial charge in [0.2, 0.25) is 0 Å². The van der Waals surface area contributed by atoms with Gasteiger partial charge in [-0.15, -0.1) is 0 Å². The first-order chi connectivity index (χ1) is 9.81. The van der Waals surface area contributed by atoms with Gasteiger partial charge in [-0.3, -0.25) is 4.98 Å². The summed E-state index contributed by atoms with van der Waals surface area (Å²) >= 11 is 3.38. The SMILES string of the molecule is Brc1ccc(CNc2ccc3c(c2)OCCCO3)nc1. The van der Waals surface area contributed by atoms with E-state index in [0.29, 0.717) is 19.8 Å². The molecule has 4 nitrogen and oxygen atoms in total. The Morgan fingerprint density at radius 2 is 1.95 bits per heavy atom. The number of nitrogens with one attached hydrogen (secondary N) is 1. The van der Waals surface area contributed by atoms with Crippen molar-refractivity contribution in [2.75, 3.05) is 18.5 Å². The Hall–Kier alpha value is -1.75. The molecule has 0 radical (unpaired) electrons. The highest BCUT2D eigenvalue weighted by atomic mass is 79.9. The second-order valence-corrected chi connectivity index (χ2v) is 5.45. The standard InChI is InChI=1S/C15H15BrN2O2/c16-11-2-3-13(17-9-11)10-18-12-4-5-14-15(8-12)20-7-1-6-19-14/h2-5,8-9,18H,1,6-7,10H2. The van der Waals surface area contributed by atoms with Crippen molar-refractivity contribution in [2.45, 2.75) is 13.0 Å². The lowest BCUT2D eigenvalue weighted by Crippen LogP contribution is -2.02. The minimum Gasteiger partial charge on any atom is -0.490 e. The lowest BCUT2D eigenvalue weighted by Gasteiger charge is -2.11. The van der Waals surface area contributed by atoms with Crippen molar-refractivity contribution in [3.63, 3.8) is 0 Å². The molecule has 20 heavy (non-hydrogen) atoms. The predicted octanol–water partition coefficient (Wildman–Crippen LogP) is 3.62. The minimum absolute atomic E-state index is 0.674. The Balaban J connectivity index is 1.68. The van der Waals surface area contributed by atoms with Crippen LogP contribution in [0.5, 0.6) is 11.5 Å². The van der Waals surface area contributed by atoms with Crippen LogP contribution in [0.25, 0.3) is 0 Å². The third kappa shape index (κ3) is 3.22. The first kappa shape index (κ1) is 13.2. The van der Waals surface area contributed by atoms with Gasteiger partial charge in [0.15, 0.2) is 11.5 Å². The Morgan fingerprint density at radius 1 is 1.10 bits per heavy atom. The average molecular weight is 335 g/mol. The minimum atomic E-state index is 0.674. The zero-order chi connectivity index (χ0) is 13.8. The summed E-state index contributed by atoms with van der Waals surface area (Å²) in [7, 11) is 0. The maximum atomic E-state index is 5.67. The summed E-state index contributed by atoms with van der Waals surface area (Å²) in [6, 6.07) is 9.88. The normalized spacial score (nSPS) is 13.7. The molecule has 3 rings (SSSR count). The molecule has 1 aliphatic rings. The number of hydrogen-bond acceptors (Lipinski definition) is 4. The number of nitrogens with zero attached hydrogens (tertiary/aromatic N) is 1. The van der Waals surface area contributed by atoms with Crippen LogP contribution >= 0.6 is 15.9 Å². The van der Waals surface area contributed by atoms with Crippen molar-refractivity contribution < 1.29 is 9.47 Å². The van der Waals surface area contributed by atoms with Crippen LogP contribution in [-0.4, -0.2) is 18.2 Å². The summed E-state index contributed by atoms with van der Waals surface area (Å²) in [4.78, 5) is 4.33. The summed E-state index contributed by atoms with van der Waals surface area (Å²) in [5.74, 6) is 1.62. The molecule has 2 heterocycles. The number of ether oxygens (including phenoxy) is 2. The van der Waals surface area contributed by atoms with E-state index >= 15 is 0 Å². The molecule has 0 saturated heterocycles. The molecule has 2 aromatic rings. The number of halogens is 1. The van der Waals surface area contributed by atoms with Crippen molar-refractivity contribution in [1.29, 1.82) is 0 Å². The van der Waals surface area contributed by atoms with Crippen molar-refractivity contribution in [3.8, 4) is 11.5 Å². The molecule has 0 bridgehead atoms. The lowest BCUT2D eigenvalue weighted by atomic mass is 10.2. The van der Waals surface area contributed by atoms with E-state index in [1.807, 2.05) is 30.3 Å². The molecule has 104 valence electrons. The van der Waals surface area contributed by atoms with Gasteiger partial charge in [0, 0.05) is 28.8 Å². The van der Waals surface area contributed by atoms with Gasteiger partial charge < -0.3 is 14.8 Å². The smallest absolute Gasteiger partial charge is 0.163 e. The van der Waals surface area contributed by atoms with Crippen LogP contribution in [0, 0.1) is 0 Å². The molecule has 0 saturated carbocycles. The summed E-state index contributed by atoms with van der Waals surface area (Å²) in [6.45, 7) is 2.08. The predicted molar refractivity (Wildman–Crippen MR) is 81.3 cm³/mol. The van der Waals surface area contributed by atoms with E-state index in [1.54, 1.807) is 6.20 Å². The second-order valence-electron chi connectivity index (χ2n) is 4.53. The van der Waals surface area contributed by atoms with Crippen LogP contribution in [0.4, 0.5) is 5.69 Å². The van der Waals surface area contributed by atoms with E-state index in [0.717, 1.165) is 33.8 Å². The fraction of sp³-hybridized carbons (Fsp3) is 0.267. The molecule has 0 unspecified atom stereocenters. The maximum absolute atomic E-state index is 5.67. The molecule has 1 N–H and O–H groups in total. The van der Waals surface area contributed by atoms with Crippen LogP contribution in [-0.2, 0) is 6.54 Å². The molecule has 5 heteroatoms. The van der Waals surface area contributed by atoms with Crippen LogP contribution in [0.2, 0.25) is 0 Å². The van der Waals surface area contributed by atoms with E-state index < -0.39 is 0 Å². The van der Waals surface area contributed by atoms with Crippen molar-refractivity contribution >= 4 is 21.6 Å². The van der Waals surface area contributed by atoms with E-state index in [2.05, 4.69) is 26.2 Å². The fourth-order valence-electron chi connectivity index (χ4n) is 1.98. The Morgan fingerprint density at radius 3 is 2.75 bits per heavy atom. The third-order valence-corrected chi connectivity index (χ3v) is 3.48. The average Bonchev–Trinajstić information content (AvgIpc) is 2.71. The van der Waals surface area contributed by atoms with Gasteiger partial charge in [0.25, 0.3) is 0 Å². The topological polar surface area (TPSA) is 43.4 Å². The van der Waals surface area contributed by atoms with Crippen molar-refractivity contribution in [3.05, 3.63) is 46.7 Å². The van der Waals surface area contributed by atoms with Gasteiger partial charge in [-0.05, 0) is 40.2 Å². The molecule has 1 aliphatic heterocycles. The summed E-state index contributed by atoms with van der Waals surface area (Å²) in [6.07, 6.45) is 2.71. The number of anilines is 1. The molecule has 0 amide bonds. The van der Waals surface area contributed by atoms with Gasteiger partial charge in [-0.1, -0.05) is 0 Å². The molecule has 0 fully saturated rings. The van der Waals surface area contributed by atoms with Gasteiger partial charge in [0.1, 0.15) is 0 Å². The van der Waals surface area contributed by atoms with Crippen molar-refractivity contribution in [1.82, 2.24) is 4.98 Å². The highest BCUT2D eigenvalue weighted by Gasteiger charge is 2.10. The van der Waals surface area contributed by atoms with E-state index in [-0.39, 0.29) is 0 Å². The third-order valence-electron chi connectivity index (χ3n) is 3.01. The first-order valence-corrected chi connectivity index (χ1v) is 7.34. The zero-order valence-corrected chi connectivity index (χ0v) is 12.5. The van der Waals surface area contributed by atoms with Gasteiger partial charge >= 0.3 is 0 Å². The monoisotopic (exact) mass is 334 g/mol.